The molecule has 0 saturated carbocycles. The molecule has 9 heteroatoms. The molecule has 31 heavy (non-hydrogen) atoms. The third-order valence-corrected chi connectivity index (χ3v) is 6.41. The number of aliphatic carboxylic acids is 1. The van der Waals surface area contributed by atoms with Crippen LogP contribution in [0.4, 0.5) is 0 Å². The average molecular weight is 441 g/mol. The van der Waals surface area contributed by atoms with Crippen LogP contribution in [-0.2, 0) is 19.2 Å². The van der Waals surface area contributed by atoms with E-state index in [1.807, 2.05) is 27.7 Å². The molecule has 1 rings (SSSR count). The smallest absolute Gasteiger partial charge is 0.326 e. The number of likely N-dealkylation sites (tertiary alicyclic amines) is 1. The Morgan fingerprint density at radius 1 is 1.00 bits per heavy atom. The van der Waals surface area contributed by atoms with Crippen LogP contribution in [0, 0.1) is 17.8 Å². The first kappa shape index (κ1) is 26.9. The Balaban J connectivity index is 3.01. The topological polar surface area (TPSA) is 142 Å². The molecule has 1 fully saturated rings. The summed E-state index contributed by atoms with van der Waals surface area (Å²) >= 11 is 0. The maximum Gasteiger partial charge on any atom is 0.326 e. The molecule has 9 nitrogen and oxygen atoms in total. The van der Waals surface area contributed by atoms with Gasteiger partial charge in [-0.05, 0) is 30.6 Å². The summed E-state index contributed by atoms with van der Waals surface area (Å²) in [5.74, 6) is -2.75. The number of hydrogen-bond acceptors (Lipinski definition) is 5. The van der Waals surface area contributed by atoms with E-state index in [-0.39, 0.29) is 29.6 Å². The number of hydrogen-bond donors (Lipinski definition) is 4. The lowest BCUT2D eigenvalue weighted by Gasteiger charge is -2.33. The lowest BCUT2D eigenvalue weighted by molar-refractivity contribution is -0.146. The Morgan fingerprint density at radius 2 is 1.58 bits per heavy atom. The van der Waals surface area contributed by atoms with Crippen LogP contribution >= 0.6 is 0 Å². The molecule has 0 spiro atoms. The van der Waals surface area contributed by atoms with Crippen LogP contribution in [0.2, 0.25) is 0 Å². The molecule has 1 heterocycles. The minimum absolute atomic E-state index is 0.0259. The lowest BCUT2D eigenvalue weighted by Crippen LogP contribution is -2.59. The van der Waals surface area contributed by atoms with Crippen molar-refractivity contribution in [2.24, 2.45) is 23.5 Å². The number of carboxylic acids is 1. The van der Waals surface area contributed by atoms with Crippen molar-refractivity contribution in [3.05, 3.63) is 0 Å². The van der Waals surface area contributed by atoms with Crippen molar-refractivity contribution in [3.63, 3.8) is 0 Å². The summed E-state index contributed by atoms with van der Waals surface area (Å²) in [7, 11) is 0. The van der Waals surface area contributed by atoms with Gasteiger partial charge in [0.1, 0.15) is 18.1 Å². The predicted octanol–water partition coefficient (Wildman–Crippen LogP) is 1.11. The molecule has 0 aliphatic carbocycles. The summed E-state index contributed by atoms with van der Waals surface area (Å²) in [6.45, 7) is 11.5. The molecule has 0 aromatic rings. The monoisotopic (exact) mass is 440 g/mol. The first-order valence-electron chi connectivity index (χ1n) is 11.4. The molecule has 0 bridgehead atoms. The van der Waals surface area contributed by atoms with Crippen LogP contribution in [0.1, 0.15) is 67.2 Å². The zero-order valence-corrected chi connectivity index (χ0v) is 19.7. The van der Waals surface area contributed by atoms with Crippen LogP contribution in [0.15, 0.2) is 0 Å². The van der Waals surface area contributed by atoms with E-state index < -0.39 is 36.0 Å². The normalized spacial score (nSPS) is 21.2. The van der Waals surface area contributed by atoms with Gasteiger partial charge in [-0.2, -0.15) is 0 Å². The molecular formula is C22H40N4O5. The fraction of sp³-hybridized carbons (Fsp3) is 0.818. The van der Waals surface area contributed by atoms with E-state index in [4.69, 9.17) is 5.73 Å². The van der Waals surface area contributed by atoms with E-state index in [0.717, 1.165) is 6.42 Å². The Bertz CT molecular complexity index is 654. The highest BCUT2D eigenvalue weighted by Gasteiger charge is 2.40. The van der Waals surface area contributed by atoms with Gasteiger partial charge in [0.25, 0.3) is 0 Å². The number of carbonyl (C=O) groups excluding carboxylic acids is 3. The van der Waals surface area contributed by atoms with Crippen LogP contribution in [-0.4, -0.2) is 64.4 Å². The van der Waals surface area contributed by atoms with Gasteiger partial charge in [0.05, 0.1) is 6.04 Å². The maximum absolute atomic E-state index is 13.4. The number of amides is 3. The Hall–Kier alpha value is -2.16. The molecule has 1 saturated heterocycles. The molecule has 1 aliphatic rings. The van der Waals surface area contributed by atoms with E-state index in [2.05, 4.69) is 10.6 Å². The van der Waals surface area contributed by atoms with Crippen LogP contribution in [0.5, 0.6) is 0 Å². The van der Waals surface area contributed by atoms with E-state index >= 15 is 0 Å². The van der Waals surface area contributed by atoms with Crippen molar-refractivity contribution < 1.29 is 24.3 Å². The molecule has 178 valence electrons. The molecule has 6 atom stereocenters. The van der Waals surface area contributed by atoms with Crippen molar-refractivity contribution in [2.45, 2.75) is 91.4 Å². The summed E-state index contributed by atoms with van der Waals surface area (Å²) in [6.07, 6.45) is 2.49. The summed E-state index contributed by atoms with van der Waals surface area (Å²) < 4.78 is 0. The largest absolute Gasteiger partial charge is 0.480 e. The predicted molar refractivity (Wildman–Crippen MR) is 118 cm³/mol. The van der Waals surface area contributed by atoms with Gasteiger partial charge in [0, 0.05) is 6.54 Å². The fourth-order valence-corrected chi connectivity index (χ4v) is 3.69. The standard InChI is InChI=1S/C22H40N4O5/c1-7-13(5)16(23)20(28)25-18(14(6)8-2)21(29)26-11-9-10-15(26)19(27)24-17(12(3)4)22(30)31/h12-18H,7-11,23H2,1-6H3,(H,24,27)(H,25,28)(H,30,31). The van der Waals surface area contributed by atoms with Crippen LogP contribution < -0.4 is 16.4 Å². The summed E-state index contributed by atoms with van der Waals surface area (Å²) in [6, 6.07) is -3.28. The van der Waals surface area contributed by atoms with Crippen molar-refractivity contribution in [1.82, 2.24) is 15.5 Å². The molecule has 1 aliphatic heterocycles. The van der Waals surface area contributed by atoms with Gasteiger partial charge in [-0.25, -0.2) is 4.79 Å². The van der Waals surface area contributed by atoms with Gasteiger partial charge >= 0.3 is 5.97 Å². The lowest BCUT2D eigenvalue weighted by atomic mass is 9.95. The van der Waals surface area contributed by atoms with E-state index in [1.54, 1.807) is 13.8 Å². The fourth-order valence-electron chi connectivity index (χ4n) is 3.69. The molecule has 6 unspecified atom stereocenters. The van der Waals surface area contributed by atoms with Gasteiger partial charge in [0.15, 0.2) is 0 Å². The minimum atomic E-state index is -1.11. The first-order chi connectivity index (χ1) is 14.5. The maximum atomic E-state index is 13.4. The van der Waals surface area contributed by atoms with Gasteiger partial charge in [0.2, 0.25) is 17.7 Å². The van der Waals surface area contributed by atoms with Crippen molar-refractivity contribution in [2.75, 3.05) is 6.54 Å². The Labute approximate surface area is 185 Å². The van der Waals surface area contributed by atoms with Gasteiger partial charge in [-0.3, -0.25) is 14.4 Å². The van der Waals surface area contributed by atoms with Crippen molar-refractivity contribution in [1.29, 1.82) is 0 Å². The highest BCUT2D eigenvalue weighted by atomic mass is 16.4. The molecule has 0 aromatic carbocycles. The van der Waals surface area contributed by atoms with Gasteiger partial charge in [-0.15, -0.1) is 0 Å². The third-order valence-electron chi connectivity index (χ3n) is 6.41. The first-order valence-corrected chi connectivity index (χ1v) is 11.4. The van der Waals surface area contributed by atoms with Crippen LogP contribution in [0.25, 0.3) is 0 Å². The second-order valence-corrected chi connectivity index (χ2v) is 9.04. The van der Waals surface area contributed by atoms with E-state index in [0.29, 0.717) is 25.8 Å². The Morgan fingerprint density at radius 3 is 2.06 bits per heavy atom. The molecule has 0 aromatic heterocycles. The highest BCUT2D eigenvalue weighted by molar-refractivity contribution is 5.94. The van der Waals surface area contributed by atoms with Crippen molar-refractivity contribution >= 4 is 23.7 Å². The second kappa shape index (κ2) is 12.0. The zero-order chi connectivity index (χ0) is 23.9. The van der Waals surface area contributed by atoms with Gasteiger partial charge < -0.3 is 26.4 Å². The number of carboxylic acid groups (broad SMARTS) is 1. The van der Waals surface area contributed by atoms with Crippen LogP contribution in [0.3, 0.4) is 0 Å². The SMILES string of the molecule is CCC(C)C(N)C(=O)NC(C(=O)N1CCCC1C(=O)NC(C(=O)O)C(C)C)C(C)CC. The number of rotatable bonds is 11. The minimum Gasteiger partial charge on any atom is -0.480 e. The van der Waals surface area contributed by atoms with Crippen molar-refractivity contribution in [3.8, 4) is 0 Å². The molecule has 5 N–H and O–H groups in total. The number of nitrogens with two attached hydrogens (primary N) is 1. The highest BCUT2D eigenvalue weighted by Crippen LogP contribution is 2.22. The zero-order valence-electron chi connectivity index (χ0n) is 19.7. The number of nitrogens with one attached hydrogen (secondary N) is 2. The third kappa shape index (κ3) is 6.92. The molecular weight excluding hydrogens is 400 g/mol. The van der Waals surface area contributed by atoms with Gasteiger partial charge in [-0.1, -0.05) is 54.4 Å². The summed E-state index contributed by atoms with van der Waals surface area (Å²) in [5, 5.41) is 14.7. The number of nitrogens with zero attached hydrogens (tertiary/aromatic N) is 1. The average Bonchev–Trinajstić information content (AvgIpc) is 3.22. The summed E-state index contributed by atoms with van der Waals surface area (Å²) in [5.41, 5.74) is 6.05. The molecule has 3 amide bonds. The second-order valence-electron chi connectivity index (χ2n) is 9.04. The Kier molecular flexibility index (Phi) is 10.4. The quantitative estimate of drug-likeness (QED) is 0.379. The number of carbonyl (C=O) groups is 4. The molecule has 0 radical (unpaired) electrons. The summed E-state index contributed by atoms with van der Waals surface area (Å²) in [4.78, 5) is 51.8. The van der Waals surface area contributed by atoms with E-state index in [1.165, 1.54) is 4.90 Å². The van der Waals surface area contributed by atoms with E-state index in [9.17, 15) is 24.3 Å².